The van der Waals surface area contributed by atoms with Crippen LogP contribution in [0.4, 0.5) is 5.69 Å². The maximum atomic E-state index is 12.9. The third kappa shape index (κ3) is 3.13. The normalized spacial score (nSPS) is 13.6. The van der Waals surface area contributed by atoms with Gasteiger partial charge in [0.15, 0.2) is 0 Å². The van der Waals surface area contributed by atoms with Gasteiger partial charge in [-0.15, -0.1) is 0 Å². The number of rotatable bonds is 6. The quantitative estimate of drug-likeness (QED) is 0.625. The van der Waals surface area contributed by atoms with Crippen LogP contribution in [0.5, 0.6) is 0 Å². The molecule has 5 nitrogen and oxygen atoms in total. The third-order valence-electron chi connectivity index (χ3n) is 3.59. The monoisotopic (exact) mass is 299 g/mol. The molecule has 1 atom stereocenters. The molecule has 3 N–H and O–H groups in total. The lowest BCUT2D eigenvalue weighted by atomic mass is 10.1. The van der Waals surface area contributed by atoms with Crippen LogP contribution >= 0.6 is 0 Å². The molecule has 20 heavy (non-hydrogen) atoms. The molecule has 0 saturated carbocycles. The highest BCUT2D eigenvalue weighted by atomic mass is 32.2. The smallest absolute Gasteiger partial charge is 0.243 e. The van der Waals surface area contributed by atoms with E-state index in [-0.39, 0.29) is 6.04 Å². The molecule has 114 valence electrons. The Morgan fingerprint density at radius 1 is 1.25 bits per heavy atom. The summed E-state index contributed by atoms with van der Waals surface area (Å²) in [4.78, 5) is 0.388. The van der Waals surface area contributed by atoms with Crippen molar-refractivity contribution < 1.29 is 8.42 Å². The summed E-state index contributed by atoms with van der Waals surface area (Å²) in [6.07, 6.45) is 0.785. The third-order valence-corrected chi connectivity index (χ3v) is 5.98. The molecule has 0 bridgehead atoms. The largest absolute Gasteiger partial charge is 0.324 e. The molecule has 0 amide bonds. The Balaban J connectivity index is 3.42. The Hall–Kier alpha value is -1.11. The highest BCUT2D eigenvalue weighted by Gasteiger charge is 2.29. The molecule has 0 aliphatic carbocycles. The van der Waals surface area contributed by atoms with Crippen LogP contribution in [0.25, 0.3) is 0 Å². The first-order chi connectivity index (χ1) is 9.29. The molecule has 0 heterocycles. The van der Waals surface area contributed by atoms with Crippen molar-refractivity contribution in [2.75, 3.05) is 12.0 Å². The Bertz CT molecular complexity index is 547. The summed E-state index contributed by atoms with van der Waals surface area (Å²) in [6, 6.07) is 3.49. The van der Waals surface area contributed by atoms with E-state index in [1.807, 2.05) is 20.8 Å². The van der Waals surface area contributed by atoms with Gasteiger partial charge in [-0.1, -0.05) is 13.8 Å². The summed E-state index contributed by atoms with van der Waals surface area (Å²) in [5, 5.41) is 0. The number of nitrogens with one attached hydrogen (secondary N) is 1. The Morgan fingerprint density at radius 2 is 1.75 bits per heavy atom. The summed E-state index contributed by atoms with van der Waals surface area (Å²) < 4.78 is 27.3. The molecule has 1 unspecified atom stereocenters. The Labute approximate surface area is 122 Å². The van der Waals surface area contributed by atoms with Crippen molar-refractivity contribution in [1.82, 2.24) is 4.31 Å². The van der Waals surface area contributed by atoms with E-state index in [1.54, 1.807) is 30.3 Å². The van der Waals surface area contributed by atoms with Gasteiger partial charge in [0.25, 0.3) is 0 Å². The predicted octanol–water partition coefficient (Wildman–Crippen LogP) is 2.40. The fourth-order valence-corrected chi connectivity index (χ4v) is 4.61. The van der Waals surface area contributed by atoms with E-state index in [1.165, 1.54) is 0 Å². The van der Waals surface area contributed by atoms with E-state index in [9.17, 15) is 8.42 Å². The van der Waals surface area contributed by atoms with Crippen LogP contribution in [0, 0.1) is 13.8 Å². The molecule has 0 spiro atoms. The van der Waals surface area contributed by atoms with E-state index in [4.69, 9.17) is 5.84 Å². The van der Waals surface area contributed by atoms with Crippen LogP contribution in [-0.4, -0.2) is 25.3 Å². The summed E-state index contributed by atoms with van der Waals surface area (Å²) in [6.45, 7) is 9.85. The van der Waals surface area contributed by atoms with Gasteiger partial charge in [-0.25, -0.2) is 8.42 Å². The van der Waals surface area contributed by atoms with Crippen molar-refractivity contribution in [1.29, 1.82) is 0 Å². The maximum Gasteiger partial charge on any atom is 0.243 e. The highest BCUT2D eigenvalue weighted by Crippen LogP contribution is 2.28. The molecular weight excluding hydrogens is 274 g/mol. The molecule has 0 fully saturated rings. The number of nitrogens with two attached hydrogens (primary N) is 1. The van der Waals surface area contributed by atoms with E-state index in [2.05, 4.69) is 5.43 Å². The minimum Gasteiger partial charge on any atom is -0.324 e. The van der Waals surface area contributed by atoms with Crippen LogP contribution in [0.15, 0.2) is 17.0 Å². The van der Waals surface area contributed by atoms with E-state index in [0.29, 0.717) is 28.3 Å². The lowest BCUT2D eigenvalue weighted by molar-refractivity contribution is 0.342. The zero-order valence-corrected chi connectivity index (χ0v) is 13.7. The van der Waals surface area contributed by atoms with Crippen LogP contribution < -0.4 is 11.3 Å². The zero-order valence-electron chi connectivity index (χ0n) is 12.9. The van der Waals surface area contributed by atoms with Gasteiger partial charge >= 0.3 is 0 Å². The maximum absolute atomic E-state index is 12.9. The van der Waals surface area contributed by atoms with E-state index < -0.39 is 10.0 Å². The molecule has 0 saturated heterocycles. The minimum absolute atomic E-state index is 0.0175. The standard InChI is InChI=1S/C14H25N3O2S/c1-6-12(5)17(7-2)20(18,19)14-10(3)8-13(16-15)9-11(14)4/h8-9,12,16H,6-7,15H2,1-5H3. The number of benzene rings is 1. The lowest BCUT2D eigenvalue weighted by Crippen LogP contribution is -2.38. The summed E-state index contributed by atoms with van der Waals surface area (Å²) >= 11 is 0. The second-order valence-electron chi connectivity index (χ2n) is 5.05. The van der Waals surface area contributed by atoms with Crippen molar-refractivity contribution in [3.05, 3.63) is 23.3 Å². The molecule has 0 aliphatic rings. The SMILES string of the molecule is CCC(C)N(CC)S(=O)(=O)c1c(C)cc(NN)cc1C. The van der Waals surface area contributed by atoms with E-state index >= 15 is 0 Å². The van der Waals surface area contributed by atoms with Gasteiger partial charge in [-0.05, 0) is 50.5 Å². The molecular formula is C14H25N3O2S. The second-order valence-corrected chi connectivity index (χ2v) is 6.88. The van der Waals surface area contributed by atoms with Crippen LogP contribution in [0.1, 0.15) is 38.3 Å². The number of hydrazine groups is 1. The highest BCUT2D eigenvalue weighted by molar-refractivity contribution is 7.89. The summed E-state index contributed by atoms with van der Waals surface area (Å²) in [7, 11) is -3.48. The number of hydrogen-bond donors (Lipinski definition) is 2. The number of hydrogen-bond acceptors (Lipinski definition) is 4. The Morgan fingerprint density at radius 3 is 2.10 bits per heavy atom. The second kappa shape index (κ2) is 6.56. The average Bonchev–Trinajstić information content (AvgIpc) is 2.37. The molecule has 1 aromatic carbocycles. The van der Waals surface area contributed by atoms with Gasteiger partial charge < -0.3 is 5.43 Å². The fraction of sp³-hybridized carbons (Fsp3) is 0.571. The van der Waals surface area contributed by atoms with Gasteiger partial charge in [-0.3, -0.25) is 5.84 Å². The first-order valence-electron chi connectivity index (χ1n) is 6.89. The molecule has 0 radical (unpaired) electrons. The van der Waals surface area contributed by atoms with Gasteiger partial charge in [0.05, 0.1) is 4.90 Å². The number of nitrogen functional groups attached to an aromatic ring is 1. The molecule has 6 heteroatoms. The van der Waals surface area contributed by atoms with Crippen molar-refractivity contribution in [2.24, 2.45) is 5.84 Å². The van der Waals surface area contributed by atoms with Crippen LogP contribution in [-0.2, 0) is 10.0 Å². The van der Waals surface area contributed by atoms with Crippen molar-refractivity contribution >= 4 is 15.7 Å². The van der Waals surface area contributed by atoms with Gasteiger partial charge in [-0.2, -0.15) is 4.31 Å². The summed E-state index contributed by atoms with van der Waals surface area (Å²) in [5.41, 5.74) is 4.69. The minimum atomic E-state index is -3.48. The van der Waals surface area contributed by atoms with Gasteiger partial charge in [0.1, 0.15) is 0 Å². The van der Waals surface area contributed by atoms with Crippen molar-refractivity contribution in [3.8, 4) is 0 Å². The number of anilines is 1. The summed E-state index contributed by atoms with van der Waals surface area (Å²) in [5.74, 6) is 5.39. The fourth-order valence-electron chi connectivity index (χ4n) is 2.48. The average molecular weight is 299 g/mol. The molecule has 1 rings (SSSR count). The van der Waals surface area contributed by atoms with Crippen molar-refractivity contribution in [3.63, 3.8) is 0 Å². The van der Waals surface area contributed by atoms with Crippen LogP contribution in [0.3, 0.4) is 0 Å². The first-order valence-corrected chi connectivity index (χ1v) is 8.33. The molecule has 1 aromatic rings. The lowest BCUT2D eigenvalue weighted by Gasteiger charge is -2.28. The molecule has 0 aliphatic heterocycles. The zero-order chi connectivity index (χ0) is 15.5. The first kappa shape index (κ1) is 16.9. The van der Waals surface area contributed by atoms with Crippen molar-refractivity contribution in [2.45, 2.75) is 52.0 Å². The van der Waals surface area contributed by atoms with Gasteiger partial charge in [0.2, 0.25) is 10.0 Å². The van der Waals surface area contributed by atoms with Gasteiger partial charge in [0, 0.05) is 18.3 Å². The predicted molar refractivity (Wildman–Crippen MR) is 83.0 cm³/mol. The Kier molecular flexibility index (Phi) is 5.56. The number of aryl methyl sites for hydroxylation is 2. The molecule has 0 aromatic heterocycles. The van der Waals surface area contributed by atoms with E-state index in [0.717, 1.165) is 6.42 Å². The van der Waals surface area contributed by atoms with Crippen LogP contribution in [0.2, 0.25) is 0 Å². The number of nitrogens with zero attached hydrogens (tertiary/aromatic N) is 1. The topological polar surface area (TPSA) is 75.4 Å². The number of sulfonamides is 1.